The average molecular weight is 336 g/mol. The highest BCUT2D eigenvalue weighted by molar-refractivity contribution is 7.21. The largest absolute Gasteiger partial charge is 0.264 e. The molecule has 3 heterocycles. The number of benzene rings is 2. The molecule has 2 aromatic carbocycles. The van der Waals surface area contributed by atoms with Gasteiger partial charge in [0.05, 0.1) is 5.69 Å². The van der Waals surface area contributed by atoms with Crippen LogP contribution in [0.3, 0.4) is 0 Å². The van der Waals surface area contributed by atoms with Crippen LogP contribution in [0, 0.1) is 0 Å². The second kappa shape index (κ2) is 5.50. The number of fused-ring (bicyclic) bond motifs is 3. The van der Waals surface area contributed by atoms with Gasteiger partial charge in [0.2, 0.25) is 8.07 Å². The van der Waals surface area contributed by atoms with E-state index in [1.807, 2.05) is 18.5 Å². The first-order chi connectivity index (χ1) is 12.4. The van der Waals surface area contributed by atoms with E-state index in [1.54, 1.807) is 0 Å². The van der Waals surface area contributed by atoms with Crippen LogP contribution in [-0.2, 0) is 0 Å². The molecule has 0 N–H and O–H groups in total. The molecule has 25 heavy (non-hydrogen) atoms. The van der Waals surface area contributed by atoms with Crippen molar-refractivity contribution >= 4 is 29.0 Å². The molecule has 0 spiro atoms. The van der Waals surface area contributed by atoms with E-state index in [-0.39, 0.29) is 0 Å². The highest BCUT2D eigenvalue weighted by Gasteiger charge is 2.50. The minimum Gasteiger partial charge on any atom is -0.264 e. The van der Waals surface area contributed by atoms with E-state index in [1.165, 1.54) is 26.4 Å². The number of hydrogen-bond acceptors (Lipinski definition) is 2. The first-order valence-corrected chi connectivity index (χ1v) is 10.4. The molecule has 2 aromatic heterocycles. The lowest BCUT2D eigenvalue weighted by atomic mass is 10.2. The minimum atomic E-state index is -2.40. The van der Waals surface area contributed by atoms with Gasteiger partial charge < -0.3 is 0 Å². The van der Waals surface area contributed by atoms with Gasteiger partial charge in [-0.25, -0.2) is 0 Å². The van der Waals surface area contributed by atoms with Gasteiger partial charge >= 0.3 is 0 Å². The quantitative estimate of drug-likeness (QED) is 0.460. The molecule has 0 unspecified atom stereocenters. The Morgan fingerprint density at radius 2 is 1.16 bits per heavy atom. The van der Waals surface area contributed by atoms with Crippen LogP contribution in [0.2, 0.25) is 0 Å². The van der Waals surface area contributed by atoms with Gasteiger partial charge in [0.25, 0.3) is 0 Å². The molecular formula is C22H16N2Si. The van der Waals surface area contributed by atoms with Crippen molar-refractivity contribution in [1.82, 2.24) is 9.97 Å². The molecule has 0 bridgehead atoms. The van der Waals surface area contributed by atoms with Gasteiger partial charge in [0, 0.05) is 23.3 Å². The maximum atomic E-state index is 4.90. The van der Waals surface area contributed by atoms with Crippen molar-refractivity contribution < 1.29 is 0 Å². The molecule has 4 aromatic rings. The van der Waals surface area contributed by atoms with Gasteiger partial charge in [-0.3, -0.25) is 9.97 Å². The zero-order chi connectivity index (χ0) is 16.7. The molecule has 0 atom stereocenters. The summed E-state index contributed by atoms with van der Waals surface area (Å²) >= 11 is 0. The number of aromatic nitrogens is 2. The summed E-state index contributed by atoms with van der Waals surface area (Å²) in [4.78, 5) is 9.64. The van der Waals surface area contributed by atoms with Crippen molar-refractivity contribution in [3.8, 4) is 11.3 Å². The Bertz CT molecular complexity index is 959. The van der Waals surface area contributed by atoms with Crippen LogP contribution < -0.4 is 20.9 Å². The Kier molecular flexibility index (Phi) is 3.15. The fraction of sp³-hybridized carbons (Fsp3) is 0. The fourth-order valence-corrected chi connectivity index (χ4v) is 8.99. The molecule has 0 radical (unpaired) electrons. The lowest BCUT2D eigenvalue weighted by Gasteiger charge is -2.29. The summed E-state index contributed by atoms with van der Waals surface area (Å²) < 4.78 is 0. The second-order valence-electron chi connectivity index (χ2n) is 6.28. The summed E-state index contributed by atoms with van der Waals surface area (Å²) in [5.74, 6) is 0. The summed E-state index contributed by atoms with van der Waals surface area (Å²) in [5, 5.41) is 5.24. The maximum absolute atomic E-state index is 4.90. The first kappa shape index (κ1) is 14.3. The molecule has 2 nitrogen and oxygen atoms in total. The normalized spacial score (nSPS) is 13.9. The van der Waals surface area contributed by atoms with Crippen LogP contribution >= 0.6 is 0 Å². The van der Waals surface area contributed by atoms with Crippen LogP contribution in [0.25, 0.3) is 11.3 Å². The van der Waals surface area contributed by atoms with Crippen LogP contribution in [-0.4, -0.2) is 18.0 Å². The molecule has 0 fully saturated rings. The van der Waals surface area contributed by atoms with E-state index in [4.69, 9.17) is 9.97 Å². The van der Waals surface area contributed by atoms with Crippen molar-refractivity contribution in [2.24, 2.45) is 0 Å². The molecule has 0 saturated carbocycles. The SMILES string of the molecule is c1ccc([Si]2(c3ccccc3)c3cccnc3-c3cccnc32)cc1. The molecule has 0 amide bonds. The van der Waals surface area contributed by atoms with Gasteiger partial charge in [0.15, 0.2) is 0 Å². The lowest BCUT2D eigenvalue weighted by Crippen LogP contribution is -2.73. The van der Waals surface area contributed by atoms with Crippen LogP contribution in [0.4, 0.5) is 0 Å². The van der Waals surface area contributed by atoms with E-state index in [0.29, 0.717) is 0 Å². The van der Waals surface area contributed by atoms with Gasteiger partial charge in [-0.1, -0.05) is 66.7 Å². The van der Waals surface area contributed by atoms with Crippen molar-refractivity contribution in [3.63, 3.8) is 0 Å². The Morgan fingerprint density at radius 1 is 0.560 bits per heavy atom. The highest BCUT2D eigenvalue weighted by atomic mass is 28.3. The number of nitrogens with zero attached hydrogens (tertiary/aromatic N) is 2. The third kappa shape index (κ3) is 1.90. The molecule has 3 heteroatoms. The topological polar surface area (TPSA) is 25.8 Å². The van der Waals surface area contributed by atoms with Crippen LogP contribution in [0.1, 0.15) is 0 Å². The van der Waals surface area contributed by atoms with E-state index < -0.39 is 8.07 Å². The minimum absolute atomic E-state index is 1.09. The monoisotopic (exact) mass is 336 g/mol. The molecule has 0 saturated heterocycles. The molecule has 5 rings (SSSR count). The second-order valence-corrected chi connectivity index (χ2v) is 9.95. The Labute approximate surface area is 147 Å². The standard InChI is InChI=1S/C22H16N2Si/c1-3-9-17(10-4-1)25(18-11-5-2-6-12-18)20-14-8-15-23-21(20)19-13-7-16-24-22(19)25/h1-16H. The fourth-order valence-electron chi connectivity index (χ4n) is 4.07. The zero-order valence-corrected chi connectivity index (χ0v) is 14.6. The van der Waals surface area contributed by atoms with E-state index >= 15 is 0 Å². The van der Waals surface area contributed by atoms with E-state index in [2.05, 4.69) is 78.9 Å². The number of pyridine rings is 2. The highest BCUT2D eigenvalue weighted by Crippen LogP contribution is 2.25. The number of hydrogen-bond donors (Lipinski definition) is 0. The molecule has 0 aliphatic carbocycles. The van der Waals surface area contributed by atoms with Crippen LogP contribution in [0.15, 0.2) is 97.3 Å². The average Bonchev–Trinajstić information content (AvgIpc) is 3.01. The van der Waals surface area contributed by atoms with Gasteiger partial charge in [0.1, 0.15) is 0 Å². The summed E-state index contributed by atoms with van der Waals surface area (Å²) in [6.45, 7) is 0. The van der Waals surface area contributed by atoms with Crippen molar-refractivity contribution in [3.05, 3.63) is 97.3 Å². The predicted octanol–water partition coefficient (Wildman–Crippen LogP) is 1.83. The zero-order valence-electron chi connectivity index (χ0n) is 13.6. The van der Waals surface area contributed by atoms with Crippen molar-refractivity contribution in [2.75, 3.05) is 0 Å². The summed E-state index contributed by atoms with van der Waals surface area (Å²) in [7, 11) is -2.40. The van der Waals surface area contributed by atoms with Gasteiger partial charge in [-0.15, -0.1) is 0 Å². The van der Waals surface area contributed by atoms with E-state index in [0.717, 1.165) is 5.69 Å². The predicted molar refractivity (Wildman–Crippen MR) is 105 cm³/mol. The molecular weight excluding hydrogens is 320 g/mol. The molecule has 1 aliphatic heterocycles. The Hall–Kier alpha value is -3.04. The number of rotatable bonds is 2. The lowest BCUT2D eigenvalue weighted by molar-refractivity contribution is 1.33. The smallest absolute Gasteiger partial charge is 0.204 e. The summed E-state index contributed by atoms with van der Waals surface area (Å²) in [6, 6.07) is 30.1. The summed E-state index contributed by atoms with van der Waals surface area (Å²) in [6.07, 6.45) is 3.80. The maximum Gasteiger partial charge on any atom is 0.204 e. The molecule has 1 aliphatic rings. The van der Waals surface area contributed by atoms with Crippen molar-refractivity contribution in [2.45, 2.75) is 0 Å². The third-order valence-corrected chi connectivity index (χ3v) is 9.76. The van der Waals surface area contributed by atoms with Gasteiger partial charge in [-0.05, 0) is 33.8 Å². The van der Waals surface area contributed by atoms with Crippen molar-refractivity contribution in [1.29, 1.82) is 0 Å². The van der Waals surface area contributed by atoms with Gasteiger partial charge in [-0.2, -0.15) is 0 Å². The Morgan fingerprint density at radius 3 is 1.84 bits per heavy atom. The third-order valence-electron chi connectivity index (χ3n) is 5.04. The summed E-state index contributed by atoms with van der Waals surface area (Å²) in [5.41, 5.74) is 2.27. The Balaban J connectivity index is 1.98. The molecule has 118 valence electrons. The first-order valence-electron chi connectivity index (χ1n) is 8.45. The van der Waals surface area contributed by atoms with Crippen LogP contribution in [0.5, 0.6) is 0 Å². The van der Waals surface area contributed by atoms with E-state index in [9.17, 15) is 0 Å².